The zero-order chi connectivity index (χ0) is 12.1. The fourth-order valence-electron chi connectivity index (χ4n) is 2.81. The first kappa shape index (κ1) is 12.7. The average Bonchev–Trinajstić information content (AvgIpc) is 2.67. The summed E-state index contributed by atoms with van der Waals surface area (Å²) in [6.07, 6.45) is 8.43. The Morgan fingerprint density at radius 3 is 3.06 bits per heavy atom. The topological polar surface area (TPSA) is 42.4 Å². The molecule has 1 atom stereocenters. The zero-order valence-electron chi connectivity index (χ0n) is 10.8. The monoisotopic (exact) mass is 236 g/mol. The summed E-state index contributed by atoms with van der Waals surface area (Å²) in [5.41, 5.74) is 6.96. The van der Waals surface area contributed by atoms with E-state index in [4.69, 9.17) is 10.2 Å². The SMILES string of the molecule is CCC1CCCCCN1Cc1ccoc1CN. The van der Waals surface area contributed by atoms with Crippen molar-refractivity contribution in [1.82, 2.24) is 4.90 Å². The van der Waals surface area contributed by atoms with Gasteiger partial charge in [0, 0.05) is 18.2 Å². The van der Waals surface area contributed by atoms with E-state index in [1.54, 1.807) is 6.26 Å². The maximum absolute atomic E-state index is 5.69. The summed E-state index contributed by atoms with van der Waals surface area (Å²) >= 11 is 0. The second-order valence-electron chi connectivity index (χ2n) is 4.96. The number of hydrogen-bond acceptors (Lipinski definition) is 3. The molecule has 0 spiro atoms. The maximum Gasteiger partial charge on any atom is 0.121 e. The summed E-state index contributed by atoms with van der Waals surface area (Å²) in [5, 5.41) is 0. The van der Waals surface area contributed by atoms with Gasteiger partial charge in [-0.05, 0) is 31.9 Å². The highest BCUT2D eigenvalue weighted by molar-refractivity contribution is 5.16. The van der Waals surface area contributed by atoms with Crippen LogP contribution in [0.1, 0.15) is 50.4 Å². The lowest BCUT2D eigenvalue weighted by Gasteiger charge is -2.28. The quantitative estimate of drug-likeness (QED) is 0.874. The van der Waals surface area contributed by atoms with Crippen LogP contribution < -0.4 is 5.73 Å². The zero-order valence-corrected chi connectivity index (χ0v) is 10.8. The number of hydrogen-bond donors (Lipinski definition) is 1. The third kappa shape index (κ3) is 3.11. The molecular formula is C14H24N2O. The molecule has 96 valence electrons. The number of furan rings is 1. The van der Waals surface area contributed by atoms with Crippen molar-refractivity contribution < 1.29 is 4.42 Å². The van der Waals surface area contributed by atoms with Crippen LogP contribution in [0.5, 0.6) is 0 Å². The Morgan fingerprint density at radius 2 is 2.29 bits per heavy atom. The van der Waals surface area contributed by atoms with Crippen molar-refractivity contribution in [2.24, 2.45) is 5.73 Å². The van der Waals surface area contributed by atoms with Crippen molar-refractivity contribution in [3.63, 3.8) is 0 Å². The number of rotatable bonds is 4. The van der Waals surface area contributed by atoms with E-state index in [0.29, 0.717) is 6.54 Å². The molecule has 2 rings (SSSR count). The Kier molecular flexibility index (Phi) is 4.63. The Hall–Kier alpha value is -0.800. The summed E-state index contributed by atoms with van der Waals surface area (Å²) in [4.78, 5) is 2.61. The Labute approximate surface area is 104 Å². The molecule has 3 heteroatoms. The minimum atomic E-state index is 0.507. The van der Waals surface area contributed by atoms with Gasteiger partial charge in [0.2, 0.25) is 0 Å². The van der Waals surface area contributed by atoms with Gasteiger partial charge in [-0.1, -0.05) is 19.8 Å². The average molecular weight is 236 g/mol. The molecule has 2 N–H and O–H groups in total. The van der Waals surface area contributed by atoms with Crippen LogP contribution in [0, 0.1) is 0 Å². The highest BCUT2D eigenvalue weighted by Crippen LogP contribution is 2.22. The van der Waals surface area contributed by atoms with Crippen LogP contribution in [0.3, 0.4) is 0 Å². The van der Waals surface area contributed by atoms with E-state index in [2.05, 4.69) is 17.9 Å². The lowest BCUT2D eigenvalue weighted by Crippen LogP contribution is -2.34. The Balaban J connectivity index is 2.04. The molecule has 0 bridgehead atoms. The number of likely N-dealkylation sites (tertiary alicyclic amines) is 1. The van der Waals surface area contributed by atoms with E-state index in [1.165, 1.54) is 44.2 Å². The fourth-order valence-corrected chi connectivity index (χ4v) is 2.81. The van der Waals surface area contributed by atoms with E-state index in [-0.39, 0.29) is 0 Å². The first-order chi connectivity index (χ1) is 8.35. The predicted octanol–water partition coefficient (Wildman–Crippen LogP) is 2.89. The summed E-state index contributed by atoms with van der Waals surface area (Å²) in [7, 11) is 0. The van der Waals surface area contributed by atoms with Gasteiger partial charge in [0.1, 0.15) is 5.76 Å². The van der Waals surface area contributed by atoms with Gasteiger partial charge in [-0.2, -0.15) is 0 Å². The van der Waals surface area contributed by atoms with Crippen molar-refractivity contribution in [2.45, 2.75) is 58.2 Å². The second-order valence-corrected chi connectivity index (χ2v) is 4.96. The van der Waals surface area contributed by atoms with Gasteiger partial charge in [-0.15, -0.1) is 0 Å². The standard InChI is InChI=1S/C14H24N2O/c1-2-13-6-4-3-5-8-16(13)11-12-7-9-17-14(12)10-15/h7,9,13H,2-6,8,10-11,15H2,1H3. The Bertz CT molecular complexity index is 335. The smallest absolute Gasteiger partial charge is 0.121 e. The molecule has 1 saturated heterocycles. The van der Waals surface area contributed by atoms with Gasteiger partial charge in [0.25, 0.3) is 0 Å². The molecule has 1 aromatic rings. The summed E-state index contributed by atoms with van der Waals surface area (Å²) in [6.45, 7) is 5.02. The van der Waals surface area contributed by atoms with Gasteiger partial charge in [0.05, 0.1) is 12.8 Å². The highest BCUT2D eigenvalue weighted by atomic mass is 16.3. The van der Waals surface area contributed by atoms with Crippen LogP contribution in [-0.4, -0.2) is 17.5 Å². The minimum absolute atomic E-state index is 0.507. The molecule has 1 aliphatic heterocycles. The third-order valence-electron chi connectivity index (χ3n) is 3.87. The van der Waals surface area contributed by atoms with Gasteiger partial charge in [-0.25, -0.2) is 0 Å². The molecule has 0 radical (unpaired) electrons. The molecule has 1 fully saturated rings. The third-order valence-corrected chi connectivity index (χ3v) is 3.87. The molecule has 1 unspecified atom stereocenters. The van der Waals surface area contributed by atoms with Crippen LogP contribution in [0.25, 0.3) is 0 Å². The molecule has 17 heavy (non-hydrogen) atoms. The molecule has 1 aliphatic rings. The fraction of sp³-hybridized carbons (Fsp3) is 0.714. The van der Waals surface area contributed by atoms with Crippen LogP contribution in [-0.2, 0) is 13.1 Å². The molecule has 0 aliphatic carbocycles. The van der Waals surface area contributed by atoms with E-state index >= 15 is 0 Å². The van der Waals surface area contributed by atoms with Gasteiger partial charge < -0.3 is 10.2 Å². The number of nitrogens with zero attached hydrogens (tertiary/aromatic N) is 1. The predicted molar refractivity (Wildman–Crippen MR) is 69.6 cm³/mol. The van der Waals surface area contributed by atoms with Gasteiger partial charge in [-0.3, -0.25) is 4.90 Å². The van der Waals surface area contributed by atoms with Crippen molar-refractivity contribution >= 4 is 0 Å². The molecular weight excluding hydrogens is 212 g/mol. The van der Waals surface area contributed by atoms with Crippen molar-refractivity contribution in [1.29, 1.82) is 0 Å². The van der Waals surface area contributed by atoms with Crippen LogP contribution in [0.4, 0.5) is 0 Å². The maximum atomic E-state index is 5.69. The lowest BCUT2D eigenvalue weighted by molar-refractivity contribution is 0.185. The van der Waals surface area contributed by atoms with Crippen molar-refractivity contribution in [2.75, 3.05) is 6.54 Å². The summed E-state index contributed by atoms with van der Waals surface area (Å²) < 4.78 is 5.40. The van der Waals surface area contributed by atoms with Crippen molar-refractivity contribution in [3.8, 4) is 0 Å². The lowest BCUT2D eigenvalue weighted by atomic mass is 10.1. The summed E-state index contributed by atoms with van der Waals surface area (Å²) in [5.74, 6) is 0.948. The van der Waals surface area contributed by atoms with Gasteiger partial charge >= 0.3 is 0 Å². The van der Waals surface area contributed by atoms with Crippen LogP contribution in [0.15, 0.2) is 16.7 Å². The van der Waals surface area contributed by atoms with E-state index in [9.17, 15) is 0 Å². The molecule has 1 aromatic heterocycles. The highest BCUT2D eigenvalue weighted by Gasteiger charge is 2.20. The molecule has 0 amide bonds. The normalized spacial score (nSPS) is 22.6. The Morgan fingerprint density at radius 1 is 1.41 bits per heavy atom. The van der Waals surface area contributed by atoms with Crippen LogP contribution >= 0.6 is 0 Å². The van der Waals surface area contributed by atoms with E-state index < -0.39 is 0 Å². The van der Waals surface area contributed by atoms with Crippen molar-refractivity contribution in [3.05, 3.63) is 23.7 Å². The molecule has 0 aromatic carbocycles. The second kappa shape index (κ2) is 6.22. The summed E-state index contributed by atoms with van der Waals surface area (Å²) in [6, 6.07) is 2.80. The number of nitrogens with two attached hydrogens (primary N) is 1. The van der Waals surface area contributed by atoms with E-state index in [0.717, 1.165) is 18.3 Å². The first-order valence-electron chi connectivity index (χ1n) is 6.84. The van der Waals surface area contributed by atoms with E-state index in [1.807, 2.05) is 0 Å². The van der Waals surface area contributed by atoms with Gasteiger partial charge in [0.15, 0.2) is 0 Å². The molecule has 0 saturated carbocycles. The minimum Gasteiger partial charge on any atom is -0.468 e. The molecule has 3 nitrogen and oxygen atoms in total. The van der Waals surface area contributed by atoms with Crippen LogP contribution in [0.2, 0.25) is 0 Å². The largest absolute Gasteiger partial charge is 0.468 e. The first-order valence-corrected chi connectivity index (χ1v) is 6.84. The molecule has 2 heterocycles.